The minimum absolute atomic E-state index is 0.0925. The standard InChI is InChI=1S/C13H13NO2/c1-13(2)12-9(7-16-13)11(15)8-5-3-4-6-10(8)14-12/h3-6H,7H2,1-2H3,(H,14,15). The smallest absolute Gasteiger partial charge is 0.195 e. The second-order valence-electron chi connectivity index (χ2n) is 4.65. The Morgan fingerprint density at radius 2 is 2.06 bits per heavy atom. The predicted octanol–water partition coefficient (Wildman–Crippen LogP) is 2.29. The van der Waals surface area contributed by atoms with Gasteiger partial charge >= 0.3 is 0 Å². The third-order valence-electron chi connectivity index (χ3n) is 3.19. The van der Waals surface area contributed by atoms with Crippen LogP contribution in [-0.4, -0.2) is 4.98 Å². The fraction of sp³-hybridized carbons (Fsp3) is 0.308. The minimum Gasteiger partial charge on any atom is -0.364 e. The highest BCUT2D eigenvalue weighted by atomic mass is 16.5. The molecule has 1 aromatic carbocycles. The van der Waals surface area contributed by atoms with Crippen LogP contribution in [0.25, 0.3) is 10.9 Å². The van der Waals surface area contributed by atoms with Gasteiger partial charge in [-0.25, -0.2) is 0 Å². The topological polar surface area (TPSA) is 42.1 Å². The molecular weight excluding hydrogens is 202 g/mol. The van der Waals surface area contributed by atoms with Crippen LogP contribution in [0.5, 0.6) is 0 Å². The largest absolute Gasteiger partial charge is 0.364 e. The molecule has 2 heterocycles. The molecule has 0 saturated carbocycles. The van der Waals surface area contributed by atoms with E-state index in [-0.39, 0.29) is 5.43 Å². The number of benzene rings is 1. The molecule has 82 valence electrons. The van der Waals surface area contributed by atoms with Gasteiger partial charge in [0.05, 0.1) is 12.3 Å². The highest BCUT2D eigenvalue weighted by Crippen LogP contribution is 2.33. The fourth-order valence-corrected chi connectivity index (χ4v) is 2.25. The molecule has 1 aliphatic rings. The van der Waals surface area contributed by atoms with Crippen LogP contribution >= 0.6 is 0 Å². The van der Waals surface area contributed by atoms with E-state index in [4.69, 9.17) is 4.74 Å². The van der Waals surface area contributed by atoms with Crippen LogP contribution in [0.2, 0.25) is 0 Å². The molecular formula is C13H13NO2. The zero-order valence-corrected chi connectivity index (χ0v) is 9.33. The van der Waals surface area contributed by atoms with Gasteiger partial charge in [0.1, 0.15) is 5.60 Å². The van der Waals surface area contributed by atoms with E-state index in [2.05, 4.69) is 4.98 Å². The van der Waals surface area contributed by atoms with Crippen molar-refractivity contribution in [2.45, 2.75) is 26.1 Å². The summed E-state index contributed by atoms with van der Waals surface area (Å²) < 4.78 is 5.63. The molecule has 0 bridgehead atoms. The first-order valence-electron chi connectivity index (χ1n) is 5.38. The van der Waals surface area contributed by atoms with E-state index in [1.807, 2.05) is 38.1 Å². The molecule has 0 saturated heterocycles. The van der Waals surface area contributed by atoms with Gasteiger partial charge in [0, 0.05) is 16.5 Å². The number of para-hydroxylation sites is 1. The average Bonchev–Trinajstić information content (AvgIpc) is 2.56. The van der Waals surface area contributed by atoms with Crippen molar-refractivity contribution in [1.29, 1.82) is 0 Å². The maximum Gasteiger partial charge on any atom is 0.195 e. The first kappa shape index (κ1) is 9.60. The monoisotopic (exact) mass is 215 g/mol. The number of aromatic amines is 1. The highest BCUT2D eigenvalue weighted by molar-refractivity contribution is 5.79. The lowest BCUT2D eigenvalue weighted by Crippen LogP contribution is -2.18. The molecule has 0 unspecified atom stereocenters. The van der Waals surface area contributed by atoms with Crippen LogP contribution in [0, 0.1) is 0 Å². The third-order valence-corrected chi connectivity index (χ3v) is 3.19. The van der Waals surface area contributed by atoms with Crippen molar-refractivity contribution in [2.75, 3.05) is 0 Å². The molecule has 3 nitrogen and oxygen atoms in total. The van der Waals surface area contributed by atoms with E-state index in [1.165, 1.54) is 0 Å². The second kappa shape index (κ2) is 2.95. The number of aromatic nitrogens is 1. The SMILES string of the molecule is CC1(C)OCc2c1[nH]c1ccccc1c2=O. The summed E-state index contributed by atoms with van der Waals surface area (Å²) in [7, 11) is 0. The first-order valence-corrected chi connectivity index (χ1v) is 5.38. The van der Waals surface area contributed by atoms with E-state index in [0.717, 1.165) is 22.2 Å². The summed E-state index contributed by atoms with van der Waals surface area (Å²) in [6.07, 6.45) is 0. The molecule has 16 heavy (non-hydrogen) atoms. The Morgan fingerprint density at radius 1 is 1.31 bits per heavy atom. The minimum atomic E-state index is -0.390. The van der Waals surface area contributed by atoms with E-state index < -0.39 is 5.60 Å². The zero-order chi connectivity index (χ0) is 11.3. The van der Waals surface area contributed by atoms with Crippen molar-refractivity contribution >= 4 is 10.9 Å². The van der Waals surface area contributed by atoms with E-state index in [9.17, 15) is 4.79 Å². The summed E-state index contributed by atoms with van der Waals surface area (Å²) in [5, 5.41) is 0.738. The Bertz CT molecular complexity index is 625. The highest BCUT2D eigenvalue weighted by Gasteiger charge is 2.33. The number of hydrogen-bond acceptors (Lipinski definition) is 2. The van der Waals surface area contributed by atoms with Gasteiger partial charge in [-0.2, -0.15) is 0 Å². The third kappa shape index (κ3) is 1.15. The lowest BCUT2D eigenvalue weighted by molar-refractivity contribution is -0.0101. The zero-order valence-electron chi connectivity index (χ0n) is 9.33. The number of ether oxygens (including phenoxy) is 1. The molecule has 1 aliphatic heterocycles. The maximum atomic E-state index is 12.2. The van der Waals surface area contributed by atoms with Crippen molar-refractivity contribution < 1.29 is 4.74 Å². The van der Waals surface area contributed by atoms with E-state index in [1.54, 1.807) is 0 Å². The normalized spacial score (nSPS) is 17.6. The van der Waals surface area contributed by atoms with Crippen LogP contribution in [-0.2, 0) is 16.9 Å². The molecule has 3 rings (SSSR count). The van der Waals surface area contributed by atoms with Crippen LogP contribution in [0.3, 0.4) is 0 Å². The van der Waals surface area contributed by atoms with E-state index >= 15 is 0 Å². The van der Waals surface area contributed by atoms with Gasteiger partial charge in [-0.3, -0.25) is 4.79 Å². The lowest BCUT2D eigenvalue weighted by atomic mass is 10.0. The van der Waals surface area contributed by atoms with Crippen LogP contribution in [0.15, 0.2) is 29.1 Å². The molecule has 1 N–H and O–H groups in total. The van der Waals surface area contributed by atoms with Gasteiger partial charge in [0.2, 0.25) is 0 Å². The average molecular weight is 215 g/mol. The number of nitrogens with one attached hydrogen (secondary N) is 1. The van der Waals surface area contributed by atoms with Crippen molar-refractivity contribution in [3.63, 3.8) is 0 Å². The number of fused-ring (bicyclic) bond motifs is 2. The van der Waals surface area contributed by atoms with Gasteiger partial charge in [0.15, 0.2) is 5.43 Å². The summed E-state index contributed by atoms with van der Waals surface area (Å²) >= 11 is 0. The van der Waals surface area contributed by atoms with Gasteiger partial charge in [0.25, 0.3) is 0 Å². The number of H-pyrrole nitrogens is 1. The first-order chi connectivity index (χ1) is 7.59. The van der Waals surface area contributed by atoms with Crippen LogP contribution in [0.1, 0.15) is 25.1 Å². The molecule has 1 aromatic heterocycles. The fourth-order valence-electron chi connectivity index (χ4n) is 2.25. The van der Waals surface area contributed by atoms with Gasteiger partial charge < -0.3 is 9.72 Å². The Morgan fingerprint density at radius 3 is 2.88 bits per heavy atom. The van der Waals surface area contributed by atoms with Crippen LogP contribution in [0.4, 0.5) is 0 Å². The van der Waals surface area contributed by atoms with Crippen molar-refractivity contribution in [1.82, 2.24) is 4.98 Å². The Hall–Kier alpha value is -1.61. The summed E-state index contributed by atoms with van der Waals surface area (Å²) in [6, 6.07) is 7.57. The van der Waals surface area contributed by atoms with Crippen molar-refractivity contribution in [2.24, 2.45) is 0 Å². The molecule has 0 spiro atoms. The molecule has 0 aliphatic carbocycles. The van der Waals surface area contributed by atoms with Gasteiger partial charge in [-0.1, -0.05) is 12.1 Å². The van der Waals surface area contributed by atoms with Crippen LogP contribution < -0.4 is 5.43 Å². The molecule has 0 amide bonds. The molecule has 0 radical (unpaired) electrons. The molecule has 3 heteroatoms. The van der Waals surface area contributed by atoms with Crippen molar-refractivity contribution in [3.05, 3.63) is 45.7 Å². The summed E-state index contributed by atoms with van der Waals surface area (Å²) in [5.74, 6) is 0. The predicted molar refractivity (Wildman–Crippen MR) is 62.4 cm³/mol. The number of rotatable bonds is 0. The Labute approximate surface area is 93.1 Å². The molecule has 2 aromatic rings. The lowest BCUT2D eigenvalue weighted by Gasteiger charge is -2.18. The van der Waals surface area contributed by atoms with Crippen molar-refractivity contribution in [3.8, 4) is 0 Å². The maximum absolute atomic E-state index is 12.2. The summed E-state index contributed by atoms with van der Waals surface area (Å²) in [6.45, 7) is 4.36. The Kier molecular flexibility index (Phi) is 1.77. The van der Waals surface area contributed by atoms with Gasteiger partial charge in [-0.05, 0) is 26.0 Å². The molecule has 0 fully saturated rings. The second-order valence-corrected chi connectivity index (χ2v) is 4.65. The summed E-state index contributed by atoms with van der Waals surface area (Å²) in [4.78, 5) is 15.5. The number of hydrogen-bond donors (Lipinski definition) is 1. The summed E-state index contributed by atoms with van der Waals surface area (Å²) in [5.41, 5.74) is 2.26. The van der Waals surface area contributed by atoms with Gasteiger partial charge in [-0.15, -0.1) is 0 Å². The number of pyridine rings is 1. The molecule has 0 atom stereocenters. The Balaban J connectivity index is 2.46. The quantitative estimate of drug-likeness (QED) is 0.732. The van der Waals surface area contributed by atoms with E-state index in [0.29, 0.717) is 6.61 Å².